The van der Waals surface area contributed by atoms with E-state index in [4.69, 9.17) is 5.11 Å². The van der Waals surface area contributed by atoms with Crippen LogP contribution < -0.4 is 5.32 Å². The summed E-state index contributed by atoms with van der Waals surface area (Å²) in [6.45, 7) is 4.02. The number of nitrogens with one attached hydrogen (secondary N) is 1. The predicted octanol–water partition coefficient (Wildman–Crippen LogP) is 2.37. The van der Waals surface area contributed by atoms with Crippen molar-refractivity contribution in [3.05, 3.63) is 21.4 Å². The van der Waals surface area contributed by atoms with Crippen LogP contribution in [-0.2, 0) is 12.8 Å². The second kappa shape index (κ2) is 5.85. The molecule has 2 atom stereocenters. The van der Waals surface area contributed by atoms with E-state index >= 15 is 0 Å². The Labute approximate surface area is 112 Å². The number of hydrogen-bond acceptors (Lipinski definition) is 3. The molecule has 0 saturated carbocycles. The summed E-state index contributed by atoms with van der Waals surface area (Å²) in [5.74, 6) is 0.725. The summed E-state index contributed by atoms with van der Waals surface area (Å²) in [6.07, 6.45) is 4.70. The lowest BCUT2D eigenvalue weighted by Gasteiger charge is -2.19. The fourth-order valence-corrected chi connectivity index (χ4v) is 3.51. The van der Waals surface area contributed by atoms with Gasteiger partial charge in [0, 0.05) is 10.9 Å². The molecule has 1 heterocycles. The lowest BCUT2D eigenvalue weighted by molar-refractivity contribution is 0.0926. The second-order valence-corrected chi connectivity index (χ2v) is 6.27. The zero-order valence-electron chi connectivity index (χ0n) is 11.0. The fourth-order valence-electron chi connectivity index (χ4n) is 2.40. The Morgan fingerprint density at radius 3 is 3.11 bits per heavy atom. The van der Waals surface area contributed by atoms with Gasteiger partial charge in [-0.25, -0.2) is 0 Å². The van der Waals surface area contributed by atoms with Gasteiger partial charge in [0.1, 0.15) is 0 Å². The molecule has 1 aromatic heterocycles. The van der Waals surface area contributed by atoms with Crippen LogP contribution in [0.5, 0.6) is 0 Å². The number of thiophene rings is 1. The van der Waals surface area contributed by atoms with E-state index < -0.39 is 0 Å². The lowest BCUT2D eigenvalue weighted by Crippen LogP contribution is -2.34. The molecule has 100 valence electrons. The topological polar surface area (TPSA) is 49.3 Å². The van der Waals surface area contributed by atoms with Crippen molar-refractivity contribution in [1.29, 1.82) is 0 Å². The minimum Gasteiger partial charge on any atom is -0.394 e. The third kappa shape index (κ3) is 2.93. The first-order valence-electron chi connectivity index (χ1n) is 6.67. The molecule has 0 aliphatic heterocycles. The van der Waals surface area contributed by atoms with E-state index in [1.54, 1.807) is 18.3 Å². The van der Waals surface area contributed by atoms with Crippen LogP contribution in [0.15, 0.2) is 6.07 Å². The first-order valence-corrected chi connectivity index (χ1v) is 7.49. The van der Waals surface area contributed by atoms with Crippen molar-refractivity contribution >= 4 is 17.2 Å². The zero-order chi connectivity index (χ0) is 13.1. The van der Waals surface area contributed by atoms with Crippen LogP contribution in [0.4, 0.5) is 0 Å². The van der Waals surface area contributed by atoms with Crippen LogP contribution >= 0.6 is 11.3 Å². The molecular formula is C14H21NO2S. The van der Waals surface area contributed by atoms with E-state index in [0.29, 0.717) is 0 Å². The molecule has 1 amide bonds. The van der Waals surface area contributed by atoms with Gasteiger partial charge in [-0.2, -0.15) is 0 Å². The Bertz CT molecular complexity index is 427. The number of carbonyl (C=O) groups excluding carboxylic acids is 1. The predicted molar refractivity (Wildman–Crippen MR) is 74.1 cm³/mol. The summed E-state index contributed by atoms with van der Waals surface area (Å²) in [7, 11) is 0. The summed E-state index contributed by atoms with van der Waals surface area (Å²) < 4.78 is 0. The maximum atomic E-state index is 12.0. The van der Waals surface area contributed by atoms with Crippen molar-refractivity contribution < 1.29 is 9.90 Å². The molecule has 2 rings (SSSR count). The van der Waals surface area contributed by atoms with Crippen LogP contribution in [0.3, 0.4) is 0 Å². The van der Waals surface area contributed by atoms with E-state index in [1.807, 2.05) is 6.07 Å². The quantitative estimate of drug-likeness (QED) is 0.880. The smallest absolute Gasteiger partial charge is 0.261 e. The first-order chi connectivity index (χ1) is 8.63. The van der Waals surface area contributed by atoms with Crippen LogP contribution in [0.2, 0.25) is 0 Å². The van der Waals surface area contributed by atoms with E-state index in [0.717, 1.165) is 23.6 Å². The molecule has 0 fully saturated rings. The molecule has 4 heteroatoms. The minimum absolute atomic E-state index is 0.0191. The summed E-state index contributed by atoms with van der Waals surface area (Å²) in [6, 6.07) is 1.86. The van der Waals surface area contributed by atoms with Gasteiger partial charge < -0.3 is 10.4 Å². The average Bonchev–Trinajstić information content (AvgIpc) is 2.81. The molecular weight excluding hydrogens is 246 g/mol. The third-order valence-corrected chi connectivity index (χ3v) is 4.87. The Kier molecular flexibility index (Phi) is 4.40. The first kappa shape index (κ1) is 13.6. The standard InChI is InChI=1S/C14H21NO2S/c1-3-10-4-5-12-11(6-10)7-13(18-12)14(17)15-9(2)8-16/h7,9-10,16H,3-6,8H2,1-2H3,(H,15,17). The number of aliphatic hydroxyl groups is 1. The van der Waals surface area contributed by atoms with E-state index in [-0.39, 0.29) is 18.6 Å². The Morgan fingerprint density at radius 2 is 2.44 bits per heavy atom. The molecule has 2 unspecified atom stereocenters. The van der Waals surface area contributed by atoms with Crippen LogP contribution in [0, 0.1) is 5.92 Å². The van der Waals surface area contributed by atoms with Crippen LogP contribution in [0.25, 0.3) is 0 Å². The van der Waals surface area contributed by atoms with Gasteiger partial charge in [-0.05, 0) is 43.7 Å². The van der Waals surface area contributed by atoms with Crippen molar-refractivity contribution in [2.24, 2.45) is 5.92 Å². The zero-order valence-corrected chi connectivity index (χ0v) is 11.8. The summed E-state index contributed by atoms with van der Waals surface area (Å²) in [5.41, 5.74) is 1.36. The Balaban J connectivity index is 2.08. The largest absolute Gasteiger partial charge is 0.394 e. The van der Waals surface area contributed by atoms with Gasteiger partial charge in [0.15, 0.2) is 0 Å². The highest BCUT2D eigenvalue weighted by Gasteiger charge is 2.22. The maximum absolute atomic E-state index is 12.0. The van der Waals surface area contributed by atoms with Crippen molar-refractivity contribution in [3.63, 3.8) is 0 Å². The number of fused-ring (bicyclic) bond motifs is 1. The molecule has 1 aliphatic rings. The van der Waals surface area contributed by atoms with Crippen molar-refractivity contribution in [3.8, 4) is 0 Å². The maximum Gasteiger partial charge on any atom is 0.261 e. The number of amides is 1. The molecule has 0 saturated heterocycles. The van der Waals surface area contributed by atoms with Gasteiger partial charge in [0.05, 0.1) is 11.5 Å². The highest BCUT2D eigenvalue weighted by molar-refractivity contribution is 7.14. The summed E-state index contributed by atoms with van der Waals surface area (Å²) in [4.78, 5) is 14.1. The molecule has 3 nitrogen and oxygen atoms in total. The van der Waals surface area contributed by atoms with Gasteiger partial charge in [-0.15, -0.1) is 11.3 Å². The Hall–Kier alpha value is -0.870. The van der Waals surface area contributed by atoms with Crippen LogP contribution in [0.1, 0.15) is 46.8 Å². The number of carbonyl (C=O) groups is 1. The molecule has 0 spiro atoms. The van der Waals surface area contributed by atoms with E-state index in [1.165, 1.54) is 23.3 Å². The lowest BCUT2D eigenvalue weighted by atomic mass is 9.87. The highest BCUT2D eigenvalue weighted by Crippen LogP contribution is 2.33. The summed E-state index contributed by atoms with van der Waals surface area (Å²) in [5, 5.41) is 11.7. The molecule has 2 N–H and O–H groups in total. The highest BCUT2D eigenvalue weighted by atomic mass is 32.1. The van der Waals surface area contributed by atoms with Crippen LogP contribution in [-0.4, -0.2) is 23.7 Å². The second-order valence-electron chi connectivity index (χ2n) is 5.13. The molecule has 0 bridgehead atoms. The fraction of sp³-hybridized carbons (Fsp3) is 0.643. The van der Waals surface area contributed by atoms with Crippen molar-refractivity contribution in [1.82, 2.24) is 5.32 Å². The number of aryl methyl sites for hydroxylation is 1. The van der Waals surface area contributed by atoms with Gasteiger partial charge in [0.2, 0.25) is 0 Å². The molecule has 0 aromatic carbocycles. The monoisotopic (exact) mass is 267 g/mol. The van der Waals surface area contributed by atoms with Gasteiger partial charge in [-0.3, -0.25) is 4.79 Å². The molecule has 1 aliphatic carbocycles. The normalized spacial score (nSPS) is 20.3. The van der Waals surface area contributed by atoms with Crippen molar-refractivity contribution in [2.75, 3.05) is 6.61 Å². The van der Waals surface area contributed by atoms with E-state index in [9.17, 15) is 4.79 Å². The van der Waals surface area contributed by atoms with Crippen molar-refractivity contribution in [2.45, 2.75) is 45.6 Å². The Morgan fingerprint density at radius 1 is 1.67 bits per heavy atom. The molecule has 1 aromatic rings. The number of hydrogen-bond donors (Lipinski definition) is 2. The van der Waals surface area contributed by atoms with Gasteiger partial charge in [0.25, 0.3) is 5.91 Å². The summed E-state index contributed by atoms with van der Waals surface area (Å²) >= 11 is 1.61. The average molecular weight is 267 g/mol. The number of rotatable bonds is 4. The molecule has 0 radical (unpaired) electrons. The third-order valence-electron chi connectivity index (χ3n) is 3.64. The number of aliphatic hydroxyl groups excluding tert-OH is 1. The van der Waals surface area contributed by atoms with Gasteiger partial charge in [-0.1, -0.05) is 13.3 Å². The minimum atomic E-state index is -0.181. The molecule has 18 heavy (non-hydrogen) atoms. The van der Waals surface area contributed by atoms with Gasteiger partial charge >= 0.3 is 0 Å². The van der Waals surface area contributed by atoms with E-state index in [2.05, 4.69) is 12.2 Å². The SMILES string of the molecule is CCC1CCc2sc(C(=O)NC(C)CO)cc2C1.